The fraction of sp³-hybridized carbons (Fsp3) is 0.233. The highest BCUT2D eigenvalue weighted by Gasteiger charge is 2.12. The third kappa shape index (κ3) is 7.03. The molecule has 1 heterocycles. The van der Waals surface area contributed by atoms with E-state index in [-0.39, 0.29) is 6.54 Å². The normalized spacial score (nSPS) is 11.1. The van der Waals surface area contributed by atoms with Crippen LogP contribution in [0.25, 0.3) is 11.3 Å². The second kappa shape index (κ2) is 12.5. The van der Waals surface area contributed by atoms with Crippen molar-refractivity contribution in [3.8, 4) is 17.0 Å². The summed E-state index contributed by atoms with van der Waals surface area (Å²) in [6.07, 6.45) is 2.09. The van der Waals surface area contributed by atoms with Gasteiger partial charge < -0.3 is 14.4 Å². The number of aromatic nitrogens is 1. The molecule has 0 unspecified atom stereocenters. The lowest BCUT2D eigenvalue weighted by molar-refractivity contribution is -0.138. The number of carboxylic acids is 1. The maximum Gasteiger partial charge on any atom is 0.317 e. The van der Waals surface area contributed by atoms with Gasteiger partial charge in [-0.1, -0.05) is 54.6 Å². The number of benzene rings is 3. The second-order valence-electron chi connectivity index (χ2n) is 8.76. The molecule has 36 heavy (non-hydrogen) atoms. The lowest BCUT2D eigenvalue weighted by Crippen LogP contribution is -2.28. The molecule has 3 aromatic carbocycles. The van der Waals surface area contributed by atoms with E-state index in [1.165, 1.54) is 21.8 Å². The van der Waals surface area contributed by atoms with Crippen molar-refractivity contribution >= 4 is 17.7 Å². The van der Waals surface area contributed by atoms with E-state index in [0.29, 0.717) is 19.7 Å². The summed E-state index contributed by atoms with van der Waals surface area (Å²) >= 11 is 1.74. The number of hydrogen-bond acceptors (Lipinski definition) is 4. The van der Waals surface area contributed by atoms with Crippen LogP contribution in [0, 0.1) is 6.92 Å². The van der Waals surface area contributed by atoms with E-state index < -0.39 is 5.97 Å². The summed E-state index contributed by atoms with van der Waals surface area (Å²) in [5.41, 5.74) is 5.74. The molecule has 0 spiro atoms. The summed E-state index contributed by atoms with van der Waals surface area (Å²) < 4.78 is 8.34. The van der Waals surface area contributed by atoms with Crippen molar-refractivity contribution < 1.29 is 14.6 Å². The number of nitrogens with zero attached hydrogens (tertiary/aromatic N) is 2. The number of thioether (sulfide) groups is 1. The molecular formula is C30H32N2O3S. The zero-order valence-corrected chi connectivity index (χ0v) is 21.6. The first-order chi connectivity index (χ1) is 17.5. The summed E-state index contributed by atoms with van der Waals surface area (Å²) in [5, 5.41) is 9.33. The maximum atomic E-state index is 11.4. The Morgan fingerprint density at radius 3 is 2.19 bits per heavy atom. The Morgan fingerprint density at radius 1 is 0.889 bits per heavy atom. The Bertz CT molecular complexity index is 1250. The fourth-order valence-corrected chi connectivity index (χ4v) is 4.69. The number of hydrogen-bond donors (Lipinski definition) is 1. The van der Waals surface area contributed by atoms with Gasteiger partial charge in [-0.05, 0) is 66.3 Å². The van der Waals surface area contributed by atoms with E-state index in [2.05, 4.69) is 54.1 Å². The second-order valence-corrected chi connectivity index (χ2v) is 9.64. The number of carboxylic acid groups (broad SMARTS) is 1. The number of rotatable bonds is 12. The molecule has 186 valence electrons. The first kappa shape index (κ1) is 25.6. The predicted octanol–water partition coefficient (Wildman–Crippen LogP) is 6.35. The average Bonchev–Trinajstić information content (AvgIpc) is 3.25. The molecule has 5 nitrogen and oxygen atoms in total. The number of ether oxygens (including phenoxy) is 1. The average molecular weight is 501 g/mol. The van der Waals surface area contributed by atoms with Gasteiger partial charge in [-0.3, -0.25) is 9.69 Å². The molecule has 0 radical (unpaired) electrons. The van der Waals surface area contributed by atoms with Crippen LogP contribution in [0.4, 0.5) is 0 Å². The lowest BCUT2D eigenvalue weighted by atomic mass is 10.1. The topological polar surface area (TPSA) is 54.7 Å². The number of aliphatic carboxylic acids is 1. The molecule has 0 fully saturated rings. The third-order valence-corrected chi connectivity index (χ3v) is 6.85. The Balaban J connectivity index is 1.34. The predicted molar refractivity (Wildman–Crippen MR) is 147 cm³/mol. The molecular weight excluding hydrogens is 468 g/mol. The van der Waals surface area contributed by atoms with E-state index in [4.69, 9.17) is 4.74 Å². The molecule has 1 aromatic heterocycles. The van der Waals surface area contributed by atoms with Gasteiger partial charge in [-0.25, -0.2) is 0 Å². The van der Waals surface area contributed by atoms with Crippen molar-refractivity contribution in [1.29, 1.82) is 0 Å². The Morgan fingerprint density at radius 2 is 1.56 bits per heavy atom. The van der Waals surface area contributed by atoms with E-state index in [1.807, 2.05) is 59.5 Å². The Labute approximate surface area is 217 Å². The van der Waals surface area contributed by atoms with E-state index in [9.17, 15) is 9.90 Å². The van der Waals surface area contributed by atoms with Gasteiger partial charge in [0.1, 0.15) is 12.4 Å². The van der Waals surface area contributed by atoms with Crippen molar-refractivity contribution in [3.05, 3.63) is 108 Å². The minimum absolute atomic E-state index is 0.00823. The van der Waals surface area contributed by atoms with E-state index >= 15 is 0 Å². The van der Waals surface area contributed by atoms with Crippen LogP contribution < -0.4 is 4.74 Å². The first-order valence-corrected chi connectivity index (χ1v) is 13.2. The summed E-state index contributed by atoms with van der Waals surface area (Å²) in [4.78, 5) is 14.5. The van der Waals surface area contributed by atoms with Gasteiger partial charge in [0.05, 0.1) is 13.1 Å². The van der Waals surface area contributed by atoms with Gasteiger partial charge in [0.25, 0.3) is 0 Å². The Kier molecular flexibility index (Phi) is 8.87. The highest BCUT2D eigenvalue weighted by molar-refractivity contribution is 7.98. The standard InChI is InChI=1S/C30H32N2O3S/c1-23-8-17-29(26-11-15-28(36-2)16-12-26)32(23)18-19-35-27-13-9-25(10-14-27)21-31(22-30(33)34)20-24-6-4-3-5-7-24/h3-17H,18-22H2,1-2H3,(H,33,34). The molecule has 0 saturated carbocycles. The van der Waals surface area contributed by atoms with E-state index in [0.717, 1.165) is 23.4 Å². The van der Waals surface area contributed by atoms with Crippen LogP contribution in [0.5, 0.6) is 5.75 Å². The van der Waals surface area contributed by atoms with Crippen molar-refractivity contribution in [1.82, 2.24) is 9.47 Å². The van der Waals surface area contributed by atoms with Crippen LogP contribution >= 0.6 is 11.8 Å². The van der Waals surface area contributed by atoms with Gasteiger partial charge in [0.2, 0.25) is 0 Å². The molecule has 0 amide bonds. The third-order valence-electron chi connectivity index (χ3n) is 6.11. The van der Waals surface area contributed by atoms with Crippen LogP contribution in [0.1, 0.15) is 16.8 Å². The monoisotopic (exact) mass is 500 g/mol. The maximum absolute atomic E-state index is 11.4. The summed E-state index contributed by atoms with van der Waals surface area (Å²) in [7, 11) is 0. The molecule has 0 saturated heterocycles. The molecule has 0 aliphatic carbocycles. The van der Waals surface area contributed by atoms with Gasteiger partial charge in [0.15, 0.2) is 0 Å². The zero-order valence-electron chi connectivity index (χ0n) is 20.8. The fourth-order valence-electron chi connectivity index (χ4n) is 4.28. The van der Waals surface area contributed by atoms with Crippen molar-refractivity contribution in [2.75, 3.05) is 19.4 Å². The molecule has 0 bridgehead atoms. The van der Waals surface area contributed by atoms with Crippen molar-refractivity contribution in [2.24, 2.45) is 0 Å². The van der Waals surface area contributed by atoms with Gasteiger partial charge in [-0.15, -0.1) is 11.8 Å². The zero-order chi connectivity index (χ0) is 25.3. The van der Waals surface area contributed by atoms with Crippen molar-refractivity contribution in [2.45, 2.75) is 31.5 Å². The van der Waals surface area contributed by atoms with Crippen LogP contribution in [0.2, 0.25) is 0 Å². The summed E-state index contributed by atoms with van der Waals surface area (Å²) in [6.45, 7) is 4.57. The highest BCUT2D eigenvalue weighted by Crippen LogP contribution is 2.25. The first-order valence-electron chi connectivity index (χ1n) is 12.0. The Hall–Kier alpha value is -3.48. The number of aryl methyl sites for hydroxylation is 1. The van der Waals surface area contributed by atoms with E-state index in [1.54, 1.807) is 11.8 Å². The minimum atomic E-state index is -0.828. The van der Waals surface area contributed by atoms with Gasteiger partial charge >= 0.3 is 5.97 Å². The smallest absolute Gasteiger partial charge is 0.317 e. The van der Waals surface area contributed by atoms with Crippen LogP contribution in [0.3, 0.4) is 0 Å². The SMILES string of the molecule is CSc1ccc(-c2ccc(C)n2CCOc2ccc(CN(CC(=O)O)Cc3ccccc3)cc2)cc1. The molecule has 1 N–H and O–H groups in total. The summed E-state index contributed by atoms with van der Waals surface area (Å²) in [5.74, 6) is -0.0203. The minimum Gasteiger partial charge on any atom is -0.492 e. The van der Waals surface area contributed by atoms with Crippen molar-refractivity contribution in [3.63, 3.8) is 0 Å². The highest BCUT2D eigenvalue weighted by atomic mass is 32.2. The molecule has 4 aromatic rings. The quantitative estimate of drug-likeness (QED) is 0.230. The van der Waals surface area contributed by atoms with Gasteiger partial charge in [0, 0.05) is 29.4 Å². The largest absolute Gasteiger partial charge is 0.492 e. The lowest BCUT2D eigenvalue weighted by Gasteiger charge is -2.20. The van der Waals surface area contributed by atoms with Crippen LogP contribution in [-0.4, -0.2) is 40.0 Å². The molecule has 0 aliphatic rings. The van der Waals surface area contributed by atoms with Gasteiger partial charge in [-0.2, -0.15) is 0 Å². The van der Waals surface area contributed by atoms with Crippen LogP contribution in [0.15, 0.2) is 95.9 Å². The molecule has 0 aliphatic heterocycles. The molecule has 4 rings (SSSR count). The van der Waals surface area contributed by atoms with Crippen LogP contribution in [-0.2, 0) is 24.4 Å². The molecule has 0 atom stereocenters. The molecule has 6 heteroatoms. The number of carbonyl (C=O) groups is 1. The summed E-state index contributed by atoms with van der Waals surface area (Å²) in [6, 6.07) is 30.8.